The van der Waals surface area contributed by atoms with Crippen molar-refractivity contribution in [3.63, 3.8) is 0 Å². The summed E-state index contributed by atoms with van der Waals surface area (Å²) >= 11 is 0. The second kappa shape index (κ2) is 7.27. The first-order valence-corrected chi connectivity index (χ1v) is 10.1. The maximum Gasteiger partial charge on any atom is 0.405 e. The Morgan fingerprint density at radius 2 is 2.00 bits per heavy atom. The molecule has 0 atom stereocenters. The summed E-state index contributed by atoms with van der Waals surface area (Å²) in [6, 6.07) is 1.71. The first kappa shape index (κ1) is 18.0. The smallest absolute Gasteiger partial charge is 0.324 e. The van der Waals surface area contributed by atoms with E-state index in [-0.39, 0.29) is 36.3 Å². The number of alkyl halides is 3. The van der Waals surface area contributed by atoms with Crippen LogP contribution in [-0.2, 0) is 13.4 Å². The van der Waals surface area contributed by atoms with Gasteiger partial charge in [0.1, 0.15) is 5.41 Å². The summed E-state index contributed by atoms with van der Waals surface area (Å²) in [7, 11) is 0. The quantitative estimate of drug-likeness (QED) is 0.397. The number of pyridine rings is 1. The van der Waals surface area contributed by atoms with Gasteiger partial charge in [-0.2, -0.15) is 18.2 Å². The summed E-state index contributed by atoms with van der Waals surface area (Å²) in [5, 5.41) is -0.510. The molecular weight excluding hydrogens is 443 g/mol. The van der Waals surface area contributed by atoms with Crippen LogP contribution in [0.5, 0.6) is 0 Å². The SMILES string of the molecule is [2H]C([2H])([2H])n1c(=O)nc(N2CCCc3c(C#CC4(C(F)(F)F)CC4)cncc32)c2c(F)c(F)ccc21. The number of nitrogens with zero attached hydrogens (tertiary/aromatic N) is 4. The van der Waals surface area contributed by atoms with E-state index in [1.165, 1.54) is 17.3 Å². The van der Waals surface area contributed by atoms with Crippen LogP contribution in [0.25, 0.3) is 10.9 Å². The number of halogens is 5. The fourth-order valence-electron chi connectivity index (χ4n) is 4.06. The van der Waals surface area contributed by atoms with Crippen LogP contribution in [-0.4, -0.2) is 27.3 Å². The molecule has 1 aliphatic heterocycles. The van der Waals surface area contributed by atoms with Gasteiger partial charge in [-0.05, 0) is 43.4 Å². The minimum Gasteiger partial charge on any atom is -0.324 e. The topological polar surface area (TPSA) is 51.0 Å². The summed E-state index contributed by atoms with van der Waals surface area (Å²) in [5.74, 6) is 1.97. The number of rotatable bonds is 1. The van der Waals surface area contributed by atoms with Gasteiger partial charge in [0.15, 0.2) is 17.5 Å². The first-order valence-electron chi connectivity index (χ1n) is 11.6. The molecule has 0 N–H and O–H groups in total. The molecule has 0 spiro atoms. The van der Waals surface area contributed by atoms with Gasteiger partial charge in [-0.25, -0.2) is 13.6 Å². The highest BCUT2D eigenvalue weighted by atomic mass is 19.4. The number of aromatic nitrogens is 3. The van der Waals surface area contributed by atoms with Crippen LogP contribution in [0, 0.1) is 28.9 Å². The summed E-state index contributed by atoms with van der Waals surface area (Å²) in [5.41, 5.74) is -2.52. The van der Waals surface area contributed by atoms with Gasteiger partial charge in [0, 0.05) is 29.4 Å². The van der Waals surface area contributed by atoms with E-state index in [0.29, 0.717) is 28.7 Å². The predicted octanol–water partition coefficient (Wildman–Crippen LogP) is 4.39. The lowest BCUT2D eigenvalue weighted by Crippen LogP contribution is -2.31. The molecule has 0 saturated heterocycles. The molecule has 2 aromatic heterocycles. The second-order valence-corrected chi connectivity index (χ2v) is 8.08. The average Bonchev–Trinajstić information content (AvgIpc) is 3.60. The Balaban J connectivity index is 1.70. The minimum atomic E-state index is -4.45. The fraction of sp³-hybridized carbons (Fsp3) is 0.348. The molecule has 33 heavy (non-hydrogen) atoms. The molecule has 3 heterocycles. The number of fused-ring (bicyclic) bond motifs is 2. The molecule has 3 aromatic rings. The van der Waals surface area contributed by atoms with Crippen LogP contribution in [0.2, 0.25) is 0 Å². The normalized spacial score (nSPS) is 18.6. The van der Waals surface area contributed by atoms with E-state index >= 15 is 4.39 Å². The van der Waals surface area contributed by atoms with E-state index in [1.54, 1.807) is 0 Å². The van der Waals surface area contributed by atoms with Crippen molar-refractivity contribution in [2.75, 3.05) is 11.4 Å². The van der Waals surface area contributed by atoms with Gasteiger partial charge >= 0.3 is 11.9 Å². The van der Waals surface area contributed by atoms with Crippen molar-refractivity contribution in [1.29, 1.82) is 0 Å². The molecule has 0 bridgehead atoms. The van der Waals surface area contributed by atoms with Crippen LogP contribution in [0.3, 0.4) is 0 Å². The molecule has 1 aliphatic carbocycles. The van der Waals surface area contributed by atoms with E-state index in [9.17, 15) is 22.4 Å². The molecule has 5 rings (SSSR count). The zero-order valence-corrected chi connectivity index (χ0v) is 16.9. The standard InChI is InChI=1S/C23H17F5N4O/c1-31-16-5-4-15(24)19(25)18(16)20(30-21(31)33)32-10-2-3-14-13(11-29-12-17(14)32)6-7-22(8-9-22)23(26,27)28/h4-5,11-12H,2-3,8-10H2,1H3/i1D3. The van der Waals surface area contributed by atoms with Crippen molar-refractivity contribution >= 4 is 22.4 Å². The molecule has 1 aromatic carbocycles. The van der Waals surface area contributed by atoms with Crippen molar-refractivity contribution in [2.45, 2.75) is 31.9 Å². The maximum atomic E-state index is 15.1. The third-order valence-corrected chi connectivity index (χ3v) is 6.05. The molecule has 2 aliphatic rings. The van der Waals surface area contributed by atoms with Crippen LogP contribution in [0.4, 0.5) is 33.5 Å². The van der Waals surface area contributed by atoms with Gasteiger partial charge in [-0.15, -0.1) is 0 Å². The van der Waals surface area contributed by atoms with Crippen LogP contribution in [0.1, 0.15) is 34.5 Å². The lowest BCUT2D eigenvalue weighted by Gasteiger charge is -2.31. The molecule has 0 unspecified atom stereocenters. The summed E-state index contributed by atoms with van der Waals surface area (Å²) in [4.78, 5) is 22.0. The molecule has 0 radical (unpaired) electrons. The zero-order valence-electron chi connectivity index (χ0n) is 19.9. The van der Waals surface area contributed by atoms with Gasteiger partial charge in [-0.1, -0.05) is 11.8 Å². The summed E-state index contributed by atoms with van der Waals surface area (Å²) in [6.45, 7) is -2.82. The molecule has 1 saturated carbocycles. The Kier molecular flexibility index (Phi) is 3.96. The highest BCUT2D eigenvalue weighted by Gasteiger charge is 2.62. The predicted molar refractivity (Wildman–Crippen MR) is 111 cm³/mol. The molecular formula is C23H17F5N4O. The minimum absolute atomic E-state index is 0.0847. The highest BCUT2D eigenvalue weighted by molar-refractivity contribution is 5.93. The Morgan fingerprint density at radius 3 is 2.70 bits per heavy atom. The van der Waals surface area contributed by atoms with Gasteiger partial charge in [-0.3, -0.25) is 9.55 Å². The third-order valence-electron chi connectivity index (χ3n) is 6.05. The summed E-state index contributed by atoms with van der Waals surface area (Å²) in [6.07, 6.45) is -1.07. The van der Waals surface area contributed by atoms with Crippen molar-refractivity contribution in [1.82, 2.24) is 14.5 Å². The van der Waals surface area contributed by atoms with Crippen molar-refractivity contribution in [2.24, 2.45) is 12.4 Å². The summed E-state index contributed by atoms with van der Waals surface area (Å²) < 4.78 is 92.5. The first-order chi connectivity index (χ1) is 16.8. The number of hydrogen-bond acceptors (Lipinski definition) is 4. The molecule has 1 fully saturated rings. The second-order valence-electron chi connectivity index (χ2n) is 8.08. The lowest BCUT2D eigenvalue weighted by molar-refractivity contribution is -0.168. The van der Waals surface area contributed by atoms with E-state index in [4.69, 9.17) is 4.11 Å². The zero-order chi connectivity index (χ0) is 26.0. The fourth-order valence-corrected chi connectivity index (χ4v) is 4.06. The Hall–Kier alpha value is -3.48. The number of hydrogen-bond donors (Lipinski definition) is 0. The number of benzene rings is 1. The maximum absolute atomic E-state index is 15.1. The Bertz CT molecular complexity index is 1520. The Labute approximate surface area is 189 Å². The van der Waals surface area contributed by atoms with Gasteiger partial charge in [0.2, 0.25) is 0 Å². The number of aryl methyl sites for hydroxylation is 1. The van der Waals surface area contributed by atoms with E-state index in [2.05, 4.69) is 21.8 Å². The molecule has 170 valence electrons. The van der Waals surface area contributed by atoms with Crippen molar-refractivity contribution in [3.8, 4) is 11.8 Å². The van der Waals surface area contributed by atoms with E-state index in [0.717, 1.165) is 12.1 Å². The lowest BCUT2D eigenvalue weighted by atomic mass is 9.97. The molecule has 10 heteroatoms. The van der Waals surface area contributed by atoms with Gasteiger partial charge < -0.3 is 4.90 Å². The van der Waals surface area contributed by atoms with Crippen LogP contribution in [0.15, 0.2) is 29.3 Å². The largest absolute Gasteiger partial charge is 0.405 e. The van der Waals surface area contributed by atoms with E-state index < -0.39 is 41.3 Å². The van der Waals surface area contributed by atoms with Gasteiger partial charge in [0.05, 0.1) is 22.8 Å². The molecule has 0 amide bonds. The number of anilines is 2. The monoisotopic (exact) mass is 463 g/mol. The van der Waals surface area contributed by atoms with Crippen molar-refractivity contribution < 1.29 is 26.1 Å². The van der Waals surface area contributed by atoms with E-state index in [1.807, 2.05) is 0 Å². The van der Waals surface area contributed by atoms with Crippen LogP contribution >= 0.6 is 0 Å². The highest BCUT2D eigenvalue weighted by Crippen LogP contribution is 2.57. The van der Waals surface area contributed by atoms with Crippen molar-refractivity contribution in [3.05, 3.63) is 57.8 Å². The third kappa shape index (κ3) is 3.34. The average molecular weight is 463 g/mol. The molecule has 5 nitrogen and oxygen atoms in total. The van der Waals surface area contributed by atoms with Crippen LogP contribution < -0.4 is 10.6 Å². The Morgan fingerprint density at radius 1 is 1.21 bits per heavy atom. The van der Waals surface area contributed by atoms with Gasteiger partial charge in [0.25, 0.3) is 0 Å².